The number of aliphatic hydroxyl groups excluding tert-OH is 1. The molecule has 0 radical (unpaired) electrons. The predicted molar refractivity (Wildman–Crippen MR) is 67.2 cm³/mol. The smallest absolute Gasteiger partial charge is 0.280 e. The Morgan fingerprint density at radius 1 is 1.53 bits per heavy atom. The second-order valence-electron chi connectivity index (χ2n) is 3.03. The summed E-state index contributed by atoms with van der Waals surface area (Å²) in [6, 6.07) is 4.08. The number of rotatable bonds is 3. The maximum absolute atomic E-state index is 13.0. The summed E-state index contributed by atoms with van der Waals surface area (Å²) < 4.78 is 19.0. The van der Waals surface area contributed by atoms with E-state index in [1.165, 1.54) is 18.2 Å². The van der Waals surface area contributed by atoms with Gasteiger partial charge in [0.1, 0.15) is 16.7 Å². The van der Waals surface area contributed by atoms with E-state index in [4.69, 9.17) is 21.4 Å². The molecule has 2 aromatic rings. The molecule has 7 heteroatoms. The molecular weight excluding hydrogens is 333 g/mol. The lowest BCUT2D eigenvalue weighted by atomic mass is 10.3. The van der Waals surface area contributed by atoms with Crippen LogP contribution in [0.25, 0.3) is 0 Å². The van der Waals surface area contributed by atoms with Crippen LogP contribution < -0.4 is 4.74 Å². The Bertz CT molecular complexity index is 549. The molecule has 90 valence electrons. The Labute approximate surface area is 114 Å². The van der Waals surface area contributed by atoms with E-state index in [0.717, 1.165) is 11.3 Å². The van der Waals surface area contributed by atoms with Crippen molar-refractivity contribution in [3.05, 3.63) is 38.5 Å². The molecule has 0 aliphatic rings. The van der Waals surface area contributed by atoms with E-state index in [2.05, 4.69) is 20.9 Å². The molecule has 3 nitrogen and oxygen atoms in total. The van der Waals surface area contributed by atoms with Gasteiger partial charge < -0.3 is 9.84 Å². The van der Waals surface area contributed by atoms with Crippen LogP contribution in [0, 0.1) is 5.82 Å². The molecule has 17 heavy (non-hydrogen) atoms. The van der Waals surface area contributed by atoms with Gasteiger partial charge in [-0.05, 0) is 28.1 Å². The molecule has 0 spiro atoms. The Hall–Kier alpha value is -0.690. The second kappa shape index (κ2) is 5.30. The first-order valence-electron chi connectivity index (χ1n) is 4.49. The molecule has 0 saturated heterocycles. The number of hydrogen-bond acceptors (Lipinski definition) is 4. The molecule has 0 aliphatic heterocycles. The fraction of sp³-hybridized carbons (Fsp3) is 0.100. The summed E-state index contributed by atoms with van der Waals surface area (Å²) >= 11 is 10.1. The summed E-state index contributed by atoms with van der Waals surface area (Å²) in [5.74, 6) is -0.104. The Kier molecular flexibility index (Phi) is 3.98. The van der Waals surface area contributed by atoms with E-state index in [-0.39, 0.29) is 17.0 Å². The molecule has 0 aliphatic carbocycles. The molecule has 1 N–H and O–H groups in total. The zero-order valence-corrected chi connectivity index (χ0v) is 11.4. The van der Waals surface area contributed by atoms with Crippen molar-refractivity contribution in [2.45, 2.75) is 6.61 Å². The molecule has 1 heterocycles. The molecule has 0 fully saturated rings. The van der Waals surface area contributed by atoms with Gasteiger partial charge in [0.05, 0.1) is 16.0 Å². The molecule has 0 saturated carbocycles. The van der Waals surface area contributed by atoms with E-state index in [9.17, 15) is 4.39 Å². The van der Waals surface area contributed by atoms with Gasteiger partial charge in [-0.2, -0.15) is 4.98 Å². The molecule has 1 aromatic heterocycles. The quantitative estimate of drug-likeness (QED) is 0.920. The maximum atomic E-state index is 13.0. The van der Waals surface area contributed by atoms with Crippen molar-refractivity contribution in [3.63, 3.8) is 0 Å². The number of aromatic nitrogens is 1. The van der Waals surface area contributed by atoms with Crippen molar-refractivity contribution in [1.82, 2.24) is 4.98 Å². The molecule has 0 atom stereocenters. The SMILES string of the molecule is OCc1sc(Oc2cc(F)ccc2Br)nc1Cl. The van der Waals surface area contributed by atoms with Crippen molar-refractivity contribution in [3.8, 4) is 10.9 Å². The van der Waals surface area contributed by atoms with E-state index in [1.807, 2.05) is 0 Å². The first kappa shape index (κ1) is 12.8. The zero-order chi connectivity index (χ0) is 12.4. The predicted octanol–water partition coefficient (Wildman–Crippen LogP) is 3.98. The van der Waals surface area contributed by atoms with Crippen LogP contribution in [0.5, 0.6) is 10.9 Å². The first-order chi connectivity index (χ1) is 8.10. The first-order valence-corrected chi connectivity index (χ1v) is 6.48. The number of ether oxygens (including phenoxy) is 1. The minimum atomic E-state index is -0.409. The fourth-order valence-corrected chi connectivity index (χ4v) is 2.41. The van der Waals surface area contributed by atoms with Crippen molar-refractivity contribution in [2.75, 3.05) is 0 Å². The van der Waals surface area contributed by atoms with Gasteiger partial charge in [-0.1, -0.05) is 22.9 Å². The lowest BCUT2D eigenvalue weighted by Crippen LogP contribution is -1.85. The van der Waals surface area contributed by atoms with Gasteiger partial charge in [0.15, 0.2) is 0 Å². The number of hydrogen-bond donors (Lipinski definition) is 1. The van der Waals surface area contributed by atoms with Gasteiger partial charge in [0.2, 0.25) is 0 Å². The van der Waals surface area contributed by atoms with Crippen molar-refractivity contribution in [1.29, 1.82) is 0 Å². The van der Waals surface area contributed by atoms with Crippen molar-refractivity contribution >= 4 is 38.9 Å². The van der Waals surface area contributed by atoms with E-state index in [1.54, 1.807) is 0 Å². The zero-order valence-electron chi connectivity index (χ0n) is 8.28. The van der Waals surface area contributed by atoms with Crippen LogP contribution in [0.1, 0.15) is 4.88 Å². The third-order valence-corrected chi connectivity index (χ3v) is 3.86. The van der Waals surface area contributed by atoms with Gasteiger partial charge in [0.25, 0.3) is 5.19 Å². The molecule has 2 rings (SSSR count). The monoisotopic (exact) mass is 337 g/mol. The van der Waals surface area contributed by atoms with Crippen LogP contribution in [0.4, 0.5) is 4.39 Å². The summed E-state index contributed by atoms with van der Waals surface area (Å²) in [5, 5.41) is 9.41. The highest BCUT2D eigenvalue weighted by atomic mass is 79.9. The van der Waals surface area contributed by atoms with Gasteiger partial charge >= 0.3 is 0 Å². The number of thiazole rings is 1. The minimum Gasteiger partial charge on any atom is -0.430 e. The van der Waals surface area contributed by atoms with Gasteiger partial charge in [0, 0.05) is 6.07 Å². The van der Waals surface area contributed by atoms with Crippen LogP contribution in [0.2, 0.25) is 5.15 Å². The number of nitrogens with zero attached hydrogens (tertiary/aromatic N) is 1. The standard InChI is InChI=1S/C10H6BrClFNO2S/c11-6-2-1-5(13)3-7(6)16-10-14-9(12)8(4-15)17-10/h1-3,15H,4H2. The Morgan fingerprint density at radius 3 is 2.94 bits per heavy atom. The summed E-state index contributed by atoms with van der Waals surface area (Å²) in [6.45, 7) is -0.204. The highest BCUT2D eigenvalue weighted by Crippen LogP contribution is 2.35. The van der Waals surface area contributed by atoms with E-state index < -0.39 is 5.82 Å². The van der Waals surface area contributed by atoms with E-state index in [0.29, 0.717) is 15.1 Å². The van der Waals surface area contributed by atoms with Crippen molar-refractivity contribution in [2.24, 2.45) is 0 Å². The summed E-state index contributed by atoms with van der Waals surface area (Å²) in [6.07, 6.45) is 0. The fourth-order valence-electron chi connectivity index (χ4n) is 1.10. The Balaban J connectivity index is 2.27. The average molecular weight is 339 g/mol. The molecule has 0 unspecified atom stereocenters. The molecular formula is C10H6BrClFNO2S. The lowest BCUT2D eigenvalue weighted by Gasteiger charge is -2.03. The lowest BCUT2D eigenvalue weighted by molar-refractivity contribution is 0.285. The number of halogens is 3. The number of aliphatic hydroxyl groups is 1. The molecule has 0 amide bonds. The molecule has 1 aromatic carbocycles. The normalized spacial score (nSPS) is 10.6. The maximum Gasteiger partial charge on any atom is 0.280 e. The van der Waals surface area contributed by atoms with Gasteiger partial charge in [-0.15, -0.1) is 0 Å². The third-order valence-electron chi connectivity index (χ3n) is 1.86. The van der Waals surface area contributed by atoms with Gasteiger partial charge in [-0.25, -0.2) is 4.39 Å². The molecule has 0 bridgehead atoms. The third kappa shape index (κ3) is 2.95. The van der Waals surface area contributed by atoms with Crippen LogP contribution in [0.15, 0.2) is 22.7 Å². The van der Waals surface area contributed by atoms with Gasteiger partial charge in [-0.3, -0.25) is 0 Å². The topological polar surface area (TPSA) is 42.4 Å². The summed E-state index contributed by atoms with van der Waals surface area (Å²) in [5.41, 5.74) is 0. The van der Waals surface area contributed by atoms with Crippen LogP contribution in [0.3, 0.4) is 0 Å². The van der Waals surface area contributed by atoms with Crippen LogP contribution in [-0.2, 0) is 6.61 Å². The Morgan fingerprint density at radius 2 is 2.29 bits per heavy atom. The second-order valence-corrected chi connectivity index (χ2v) is 5.29. The van der Waals surface area contributed by atoms with Crippen molar-refractivity contribution < 1.29 is 14.2 Å². The highest BCUT2D eigenvalue weighted by molar-refractivity contribution is 9.10. The van der Waals surface area contributed by atoms with E-state index >= 15 is 0 Å². The largest absolute Gasteiger partial charge is 0.430 e. The highest BCUT2D eigenvalue weighted by Gasteiger charge is 2.12. The summed E-state index contributed by atoms with van der Waals surface area (Å²) in [7, 11) is 0. The minimum absolute atomic E-state index is 0.194. The number of benzene rings is 1. The average Bonchev–Trinajstić information content (AvgIpc) is 2.64. The summed E-state index contributed by atoms with van der Waals surface area (Å²) in [4.78, 5) is 4.41. The van der Waals surface area contributed by atoms with Crippen LogP contribution >= 0.6 is 38.9 Å². The van der Waals surface area contributed by atoms with Crippen LogP contribution in [-0.4, -0.2) is 10.1 Å².